The van der Waals surface area contributed by atoms with Crippen LogP contribution in [0.25, 0.3) is 10.8 Å². The number of benzene rings is 3. The molecule has 2 atom stereocenters. The molecule has 0 heterocycles. The molecule has 4 rings (SSSR count). The molecule has 0 saturated heterocycles. The molecule has 141 valence electrons. The zero-order valence-electron chi connectivity index (χ0n) is 16.1. The van der Waals surface area contributed by atoms with Gasteiger partial charge in [-0.25, -0.2) is 0 Å². The molecule has 3 aromatic carbocycles. The first-order chi connectivity index (χ1) is 13.3. The van der Waals surface area contributed by atoms with Crippen molar-refractivity contribution in [1.29, 1.82) is 0 Å². The number of ether oxygens (including phenoxy) is 1. The van der Waals surface area contributed by atoms with Gasteiger partial charge in [0.25, 0.3) is 0 Å². The average molecular weight is 446 g/mol. The number of Topliss-reactive ketones (excluding diaryl/α,β-unsaturated/α-hetero) is 1. The van der Waals surface area contributed by atoms with Crippen molar-refractivity contribution in [2.24, 2.45) is 11.8 Å². The summed E-state index contributed by atoms with van der Waals surface area (Å²) in [6.45, 7) is 0.497. The molecule has 3 heteroatoms. The summed E-state index contributed by atoms with van der Waals surface area (Å²) in [5, 5.41) is 2.28. The molecule has 1 aliphatic carbocycles. The van der Waals surface area contributed by atoms with E-state index < -0.39 is 0 Å². The van der Waals surface area contributed by atoms with Crippen molar-refractivity contribution in [1.82, 2.24) is 0 Å². The molecular weight excluding hydrogens is 421 g/mol. The van der Waals surface area contributed by atoms with E-state index in [0.717, 1.165) is 36.8 Å². The van der Waals surface area contributed by atoms with Gasteiger partial charge in [0.1, 0.15) is 11.5 Å². The molecule has 0 aliphatic heterocycles. The summed E-state index contributed by atoms with van der Waals surface area (Å²) in [4.78, 5) is 12.4. The van der Waals surface area contributed by atoms with E-state index in [2.05, 4.69) is 36.4 Å². The van der Waals surface area contributed by atoms with Crippen LogP contribution in [-0.2, 0) is 43.9 Å². The Hall–Kier alpha value is -1.51. The average Bonchev–Trinajstić information content (AvgIpc) is 3.07. The molecule has 1 saturated carbocycles. The Bertz CT molecular complexity index is 901. The summed E-state index contributed by atoms with van der Waals surface area (Å²) in [5.41, 5.74) is 1.32. The number of carbonyl (C=O) groups is 1. The number of hydrogen-bond acceptors (Lipinski definition) is 2. The first kappa shape index (κ1) is 21.2. The summed E-state index contributed by atoms with van der Waals surface area (Å²) in [6, 6.07) is 25.6. The van der Waals surface area contributed by atoms with Crippen LogP contribution in [0, 0.1) is 17.9 Å². The molecule has 2 nitrogen and oxygen atoms in total. The number of hydrogen-bond donors (Lipinski definition) is 0. The smallest absolute Gasteiger partial charge is 0.139 e. The molecule has 1 aliphatic rings. The maximum atomic E-state index is 12.4. The fraction of sp³-hybridized carbons (Fsp3) is 0.320. The second-order valence-electron chi connectivity index (χ2n) is 7.46. The SMILES string of the molecule is O=C1CC[C@H](CCCc2c[c-]ccc2)[C@H]1COc1cccc2ccccc12.[Y]. The predicted molar refractivity (Wildman–Crippen MR) is 109 cm³/mol. The number of aryl methyl sites for hydroxylation is 1. The Morgan fingerprint density at radius 1 is 1.04 bits per heavy atom. The van der Waals surface area contributed by atoms with E-state index in [9.17, 15) is 4.79 Å². The van der Waals surface area contributed by atoms with Crippen molar-refractivity contribution >= 4 is 16.6 Å². The second-order valence-corrected chi connectivity index (χ2v) is 7.46. The largest absolute Gasteiger partial charge is 0.492 e. The van der Waals surface area contributed by atoms with Crippen molar-refractivity contribution in [3.63, 3.8) is 0 Å². The Morgan fingerprint density at radius 3 is 2.75 bits per heavy atom. The van der Waals surface area contributed by atoms with Crippen LogP contribution in [-0.4, -0.2) is 12.4 Å². The van der Waals surface area contributed by atoms with E-state index in [1.807, 2.05) is 36.4 Å². The first-order valence-electron chi connectivity index (χ1n) is 9.89. The summed E-state index contributed by atoms with van der Waals surface area (Å²) in [6.07, 6.45) is 4.96. The van der Waals surface area contributed by atoms with Crippen molar-refractivity contribution < 1.29 is 42.2 Å². The van der Waals surface area contributed by atoms with Crippen LogP contribution in [0.2, 0.25) is 0 Å². The van der Waals surface area contributed by atoms with Gasteiger partial charge >= 0.3 is 0 Å². The minimum atomic E-state index is 0. The maximum Gasteiger partial charge on any atom is 0.139 e. The molecule has 1 radical (unpaired) electrons. The van der Waals surface area contributed by atoms with Gasteiger partial charge < -0.3 is 4.74 Å². The third kappa shape index (κ3) is 5.10. The van der Waals surface area contributed by atoms with Crippen molar-refractivity contribution in [2.75, 3.05) is 6.61 Å². The normalized spacial score (nSPS) is 18.8. The van der Waals surface area contributed by atoms with Crippen LogP contribution in [0.3, 0.4) is 0 Å². The predicted octanol–water partition coefficient (Wildman–Crippen LogP) is 5.63. The Kier molecular flexibility index (Phi) is 7.82. The number of fused-ring (bicyclic) bond motifs is 1. The minimum Gasteiger partial charge on any atom is -0.492 e. The monoisotopic (exact) mass is 446 g/mol. The number of carbonyl (C=O) groups excluding carboxylic acids is 1. The van der Waals surface area contributed by atoms with Crippen molar-refractivity contribution in [3.05, 3.63) is 78.4 Å². The van der Waals surface area contributed by atoms with E-state index in [0.29, 0.717) is 24.7 Å². The van der Waals surface area contributed by atoms with E-state index in [1.54, 1.807) is 0 Å². The van der Waals surface area contributed by atoms with Gasteiger partial charge in [-0.15, -0.1) is 0 Å². The maximum absolute atomic E-state index is 12.4. The molecule has 0 spiro atoms. The van der Waals surface area contributed by atoms with E-state index in [1.165, 1.54) is 10.9 Å². The summed E-state index contributed by atoms with van der Waals surface area (Å²) in [5.74, 6) is 1.73. The third-order valence-electron chi connectivity index (χ3n) is 5.72. The molecule has 3 aromatic rings. The van der Waals surface area contributed by atoms with Gasteiger partial charge in [0.15, 0.2) is 0 Å². The van der Waals surface area contributed by atoms with Crippen LogP contribution < -0.4 is 4.74 Å². The Labute approximate surface area is 192 Å². The molecule has 0 bridgehead atoms. The molecule has 1 fully saturated rings. The number of rotatable bonds is 7. The minimum absolute atomic E-state index is 0. The summed E-state index contributed by atoms with van der Waals surface area (Å²) < 4.78 is 6.14. The topological polar surface area (TPSA) is 26.3 Å². The third-order valence-corrected chi connectivity index (χ3v) is 5.72. The zero-order valence-corrected chi connectivity index (χ0v) is 19.0. The molecule has 0 N–H and O–H groups in total. The summed E-state index contributed by atoms with van der Waals surface area (Å²) >= 11 is 0. The standard InChI is InChI=1S/C25H25O2.Y/c26-24-17-16-21(12-6-10-19-8-2-1-3-9-19)23(24)18-27-25-15-7-13-20-11-4-5-14-22(20)25;/h1-2,4-5,7-9,11,13-15,21,23H,6,10,12,16-18H2;/q-1;/t21-,23+;/m0./s1. The van der Waals surface area contributed by atoms with Crippen molar-refractivity contribution in [2.45, 2.75) is 32.1 Å². The molecule has 0 aromatic heterocycles. The van der Waals surface area contributed by atoms with Gasteiger partial charge in [-0.2, -0.15) is 35.9 Å². The van der Waals surface area contributed by atoms with E-state index >= 15 is 0 Å². The number of ketones is 1. The van der Waals surface area contributed by atoms with Gasteiger partial charge in [0.05, 0.1) is 12.5 Å². The van der Waals surface area contributed by atoms with Gasteiger partial charge in [0.2, 0.25) is 0 Å². The van der Waals surface area contributed by atoms with Crippen LogP contribution in [0.1, 0.15) is 31.2 Å². The van der Waals surface area contributed by atoms with Gasteiger partial charge in [-0.1, -0.05) is 55.7 Å². The molecule has 0 unspecified atom stereocenters. The summed E-state index contributed by atoms with van der Waals surface area (Å²) in [7, 11) is 0. The van der Waals surface area contributed by atoms with Gasteiger partial charge in [-0.3, -0.25) is 4.79 Å². The van der Waals surface area contributed by atoms with Crippen LogP contribution >= 0.6 is 0 Å². The van der Waals surface area contributed by atoms with Crippen molar-refractivity contribution in [3.8, 4) is 5.75 Å². The second kappa shape index (κ2) is 10.3. The Morgan fingerprint density at radius 2 is 1.89 bits per heavy atom. The van der Waals surface area contributed by atoms with Crippen LogP contribution in [0.15, 0.2) is 66.7 Å². The Balaban J connectivity index is 0.00000225. The molecule has 28 heavy (non-hydrogen) atoms. The van der Waals surface area contributed by atoms with Crippen LogP contribution in [0.5, 0.6) is 5.75 Å². The molecule has 0 amide bonds. The van der Waals surface area contributed by atoms with E-state index in [-0.39, 0.29) is 38.6 Å². The first-order valence-corrected chi connectivity index (χ1v) is 9.89. The zero-order chi connectivity index (χ0) is 18.5. The van der Waals surface area contributed by atoms with Crippen LogP contribution in [0.4, 0.5) is 0 Å². The van der Waals surface area contributed by atoms with Gasteiger partial charge in [0, 0.05) is 44.5 Å². The quantitative estimate of drug-likeness (QED) is 0.440. The fourth-order valence-corrected chi connectivity index (χ4v) is 4.21. The van der Waals surface area contributed by atoms with Gasteiger partial charge in [-0.05, 0) is 23.8 Å². The van der Waals surface area contributed by atoms with E-state index in [4.69, 9.17) is 4.74 Å². The fourth-order valence-electron chi connectivity index (χ4n) is 4.21. The molecular formula is C25H25O2Y-.